The lowest BCUT2D eigenvalue weighted by Gasteiger charge is -2.32. The van der Waals surface area contributed by atoms with E-state index in [4.69, 9.17) is 0 Å². The molecular weight excluding hydrogens is 350 g/mol. The lowest BCUT2D eigenvalue weighted by Crippen LogP contribution is -2.39. The Morgan fingerprint density at radius 3 is 2.71 bits per heavy atom. The monoisotopic (exact) mass is 375 g/mol. The minimum atomic E-state index is 0.223. The number of nitrogens with one attached hydrogen (secondary N) is 1. The van der Waals surface area contributed by atoms with Crippen LogP contribution in [0.15, 0.2) is 42.5 Å². The van der Waals surface area contributed by atoms with E-state index in [-0.39, 0.29) is 5.91 Å². The average molecular weight is 375 g/mol. The van der Waals surface area contributed by atoms with Crippen molar-refractivity contribution in [3.63, 3.8) is 0 Å². The van der Waals surface area contributed by atoms with Crippen molar-refractivity contribution in [2.45, 2.75) is 38.3 Å². The molecule has 0 aliphatic carbocycles. The van der Waals surface area contributed by atoms with Crippen molar-refractivity contribution in [1.29, 1.82) is 0 Å². The molecule has 1 aromatic heterocycles. The molecule has 3 aromatic rings. The van der Waals surface area contributed by atoms with Crippen molar-refractivity contribution >= 4 is 16.7 Å². The van der Waals surface area contributed by atoms with E-state index < -0.39 is 0 Å². The maximum absolute atomic E-state index is 12.8. The summed E-state index contributed by atoms with van der Waals surface area (Å²) in [6, 6.07) is 14.6. The van der Waals surface area contributed by atoms with Crippen LogP contribution in [0.25, 0.3) is 10.8 Å². The lowest BCUT2D eigenvalue weighted by atomic mass is 9.95. The van der Waals surface area contributed by atoms with Crippen LogP contribution >= 0.6 is 0 Å². The highest BCUT2D eigenvalue weighted by Crippen LogP contribution is 2.28. The highest BCUT2D eigenvalue weighted by Gasteiger charge is 2.28. The summed E-state index contributed by atoms with van der Waals surface area (Å²) in [4.78, 5) is 14.8. The van der Waals surface area contributed by atoms with Gasteiger partial charge in [0.15, 0.2) is 0 Å². The third-order valence-electron chi connectivity index (χ3n) is 6.03. The summed E-state index contributed by atoms with van der Waals surface area (Å²) < 4.78 is 2.27. The molecule has 5 rings (SSSR count). The predicted molar refractivity (Wildman–Crippen MR) is 108 cm³/mol. The number of carbonyl (C=O) groups excluding carboxylic acids is 1. The topological polar surface area (TPSA) is 63.1 Å². The average Bonchev–Trinajstić information content (AvgIpc) is 3.18. The number of fused-ring (bicyclic) bond motifs is 2. The fourth-order valence-corrected chi connectivity index (χ4v) is 4.44. The van der Waals surface area contributed by atoms with Gasteiger partial charge in [-0.2, -0.15) is 0 Å². The fraction of sp³-hybridized carbons (Fsp3) is 0.409. The molecule has 1 fully saturated rings. The number of carbonyl (C=O) groups is 1. The summed E-state index contributed by atoms with van der Waals surface area (Å²) in [5.41, 5.74) is 1.09. The second-order valence-corrected chi connectivity index (χ2v) is 7.82. The lowest BCUT2D eigenvalue weighted by molar-refractivity contribution is -0.131. The summed E-state index contributed by atoms with van der Waals surface area (Å²) in [6.07, 6.45) is 2.41. The smallest absolute Gasteiger partial charge is 0.226 e. The predicted octanol–water partition coefficient (Wildman–Crippen LogP) is 2.48. The molecule has 144 valence electrons. The molecule has 2 aliphatic heterocycles. The molecule has 0 atom stereocenters. The molecule has 1 saturated heterocycles. The Morgan fingerprint density at radius 2 is 1.86 bits per heavy atom. The number of piperidine rings is 1. The number of amides is 1. The normalized spacial score (nSPS) is 17.6. The Kier molecular flexibility index (Phi) is 4.56. The van der Waals surface area contributed by atoms with Gasteiger partial charge in [0.25, 0.3) is 0 Å². The summed E-state index contributed by atoms with van der Waals surface area (Å²) in [5, 5.41) is 14.5. The van der Waals surface area contributed by atoms with Gasteiger partial charge in [0.2, 0.25) is 5.91 Å². The van der Waals surface area contributed by atoms with Gasteiger partial charge in [-0.1, -0.05) is 42.5 Å². The molecule has 2 aliphatic rings. The van der Waals surface area contributed by atoms with Crippen molar-refractivity contribution in [3.05, 3.63) is 59.7 Å². The first-order valence-corrected chi connectivity index (χ1v) is 10.2. The number of hydrogen-bond acceptors (Lipinski definition) is 4. The third-order valence-corrected chi connectivity index (χ3v) is 6.03. The molecule has 0 unspecified atom stereocenters. The molecule has 1 amide bonds. The second-order valence-electron chi connectivity index (χ2n) is 7.82. The van der Waals surface area contributed by atoms with Crippen LogP contribution < -0.4 is 5.32 Å². The molecular formula is C22H25N5O. The number of likely N-dealkylation sites (tertiary alicyclic amines) is 1. The maximum Gasteiger partial charge on any atom is 0.226 e. The van der Waals surface area contributed by atoms with Crippen LogP contribution in [-0.4, -0.2) is 45.2 Å². The van der Waals surface area contributed by atoms with Gasteiger partial charge in [0.05, 0.1) is 13.0 Å². The number of aromatic nitrogens is 3. The van der Waals surface area contributed by atoms with Crippen LogP contribution in [-0.2, 0) is 24.3 Å². The van der Waals surface area contributed by atoms with Crippen LogP contribution in [0.2, 0.25) is 0 Å². The summed E-state index contributed by atoms with van der Waals surface area (Å²) in [5.74, 6) is 2.78. The first-order chi connectivity index (χ1) is 13.8. The quantitative estimate of drug-likeness (QED) is 0.764. The van der Waals surface area contributed by atoms with Crippen LogP contribution in [0.3, 0.4) is 0 Å². The van der Waals surface area contributed by atoms with E-state index >= 15 is 0 Å². The molecule has 1 N–H and O–H groups in total. The number of benzene rings is 2. The molecule has 6 heteroatoms. The van der Waals surface area contributed by atoms with E-state index in [1.54, 1.807) is 0 Å². The van der Waals surface area contributed by atoms with E-state index in [0.29, 0.717) is 12.3 Å². The van der Waals surface area contributed by atoms with Gasteiger partial charge in [-0.3, -0.25) is 4.79 Å². The largest absolute Gasteiger partial charge is 0.342 e. The Labute approximate surface area is 164 Å². The zero-order valence-corrected chi connectivity index (χ0v) is 16.0. The van der Waals surface area contributed by atoms with E-state index in [1.165, 1.54) is 10.8 Å². The summed E-state index contributed by atoms with van der Waals surface area (Å²) in [6.45, 7) is 4.32. The molecule has 0 radical (unpaired) electrons. The third kappa shape index (κ3) is 3.29. The molecule has 0 spiro atoms. The Bertz CT molecular complexity index is 1000. The first kappa shape index (κ1) is 17.4. The maximum atomic E-state index is 12.8. The Hall–Kier alpha value is -2.73. The number of hydrogen-bond donors (Lipinski definition) is 1. The van der Waals surface area contributed by atoms with Gasteiger partial charge < -0.3 is 14.8 Å². The highest BCUT2D eigenvalue weighted by atomic mass is 16.2. The number of rotatable bonds is 3. The Balaban J connectivity index is 1.22. The van der Waals surface area contributed by atoms with E-state index in [2.05, 4.69) is 50.4 Å². The van der Waals surface area contributed by atoms with Gasteiger partial charge >= 0.3 is 0 Å². The van der Waals surface area contributed by atoms with E-state index in [1.807, 2.05) is 17.0 Å². The van der Waals surface area contributed by atoms with Gasteiger partial charge in [-0.05, 0) is 29.2 Å². The van der Waals surface area contributed by atoms with E-state index in [9.17, 15) is 4.79 Å². The summed E-state index contributed by atoms with van der Waals surface area (Å²) in [7, 11) is 0. The fourth-order valence-electron chi connectivity index (χ4n) is 4.44. The van der Waals surface area contributed by atoms with Crippen LogP contribution in [0.5, 0.6) is 0 Å². The van der Waals surface area contributed by atoms with Crippen molar-refractivity contribution < 1.29 is 4.79 Å². The van der Waals surface area contributed by atoms with Crippen LogP contribution in [0.4, 0.5) is 0 Å². The minimum absolute atomic E-state index is 0.223. The second kappa shape index (κ2) is 7.36. The zero-order valence-electron chi connectivity index (χ0n) is 16.0. The Morgan fingerprint density at radius 1 is 1.04 bits per heavy atom. The van der Waals surface area contributed by atoms with E-state index in [0.717, 1.165) is 62.8 Å². The van der Waals surface area contributed by atoms with Crippen molar-refractivity contribution in [1.82, 2.24) is 25.0 Å². The number of nitrogens with zero attached hydrogens (tertiary/aromatic N) is 4. The first-order valence-electron chi connectivity index (χ1n) is 10.2. The molecule has 28 heavy (non-hydrogen) atoms. The highest BCUT2D eigenvalue weighted by molar-refractivity contribution is 5.85. The van der Waals surface area contributed by atoms with Crippen molar-refractivity contribution in [2.24, 2.45) is 0 Å². The zero-order chi connectivity index (χ0) is 18.9. The molecule has 6 nitrogen and oxygen atoms in total. The van der Waals surface area contributed by atoms with Gasteiger partial charge in [-0.25, -0.2) is 0 Å². The molecule has 0 bridgehead atoms. The van der Waals surface area contributed by atoms with Crippen molar-refractivity contribution in [3.8, 4) is 0 Å². The van der Waals surface area contributed by atoms with Crippen molar-refractivity contribution in [2.75, 3.05) is 19.6 Å². The SMILES string of the molecule is O=C(Cc1ccc2ccccc2c1)N1CCC(c2nnc3n2CCNC3)CC1. The molecule has 0 saturated carbocycles. The molecule has 2 aromatic carbocycles. The van der Waals surface area contributed by atoms with Crippen LogP contribution in [0.1, 0.15) is 36.0 Å². The standard InChI is InChI=1S/C22H25N5O/c28-21(14-16-5-6-17-3-1-2-4-19(17)13-16)26-10-7-18(8-11-26)22-25-24-20-15-23-9-12-27(20)22/h1-6,13,18,23H,7-12,14-15H2. The molecule has 3 heterocycles. The van der Waals surface area contributed by atoms with Gasteiger partial charge in [0, 0.05) is 32.1 Å². The van der Waals surface area contributed by atoms with Gasteiger partial charge in [-0.15, -0.1) is 10.2 Å². The summed E-state index contributed by atoms with van der Waals surface area (Å²) >= 11 is 0. The minimum Gasteiger partial charge on any atom is -0.342 e. The van der Waals surface area contributed by atoms with Gasteiger partial charge in [0.1, 0.15) is 11.6 Å². The van der Waals surface area contributed by atoms with Crippen LogP contribution in [0, 0.1) is 0 Å².